The number of alkyl halides is 6. The zero-order chi connectivity index (χ0) is 20.6. The Labute approximate surface area is 146 Å². The zero-order valence-electron chi connectivity index (χ0n) is 14.5. The van der Waals surface area contributed by atoms with Gasteiger partial charge in [-0.1, -0.05) is 20.4 Å². The first-order chi connectivity index (χ1) is 11.6. The van der Waals surface area contributed by atoms with Gasteiger partial charge < -0.3 is 9.47 Å². The van der Waals surface area contributed by atoms with E-state index in [1.54, 1.807) is 0 Å². The minimum Gasteiger partial charge on any atom is -0.451 e. The number of hydrogen-bond donors (Lipinski definition) is 0. The minimum atomic E-state index is -6.06. The molecule has 10 heteroatoms. The third-order valence-corrected chi connectivity index (χ3v) is 4.21. The van der Waals surface area contributed by atoms with E-state index < -0.39 is 54.3 Å². The molecule has 1 aliphatic carbocycles. The molecule has 150 valence electrons. The monoisotopic (exact) mass is 390 g/mol. The molecule has 1 saturated carbocycles. The quantitative estimate of drug-likeness (QED) is 0.395. The van der Waals surface area contributed by atoms with Crippen LogP contribution < -0.4 is 0 Å². The van der Waals surface area contributed by atoms with E-state index in [-0.39, 0.29) is 18.4 Å². The molecule has 0 heterocycles. The molecule has 0 amide bonds. The molecular weight excluding hydrogens is 370 g/mol. The van der Waals surface area contributed by atoms with Gasteiger partial charge in [0.25, 0.3) is 0 Å². The summed E-state index contributed by atoms with van der Waals surface area (Å²) in [5.41, 5.74) is -8.44. The first-order valence-corrected chi connectivity index (χ1v) is 7.86. The Morgan fingerprint density at radius 2 is 1.42 bits per heavy atom. The van der Waals surface area contributed by atoms with Crippen LogP contribution in [0.5, 0.6) is 0 Å². The van der Waals surface area contributed by atoms with E-state index in [4.69, 9.17) is 4.74 Å². The maximum atomic E-state index is 13.8. The first kappa shape index (κ1) is 22.3. The van der Waals surface area contributed by atoms with Crippen LogP contribution in [0.4, 0.5) is 26.3 Å². The van der Waals surface area contributed by atoms with Gasteiger partial charge in [-0.25, -0.2) is 4.79 Å². The van der Waals surface area contributed by atoms with Crippen molar-refractivity contribution in [2.45, 2.75) is 70.0 Å². The van der Waals surface area contributed by atoms with Crippen molar-refractivity contribution in [1.82, 2.24) is 0 Å². The second-order valence-corrected chi connectivity index (χ2v) is 6.62. The lowest BCUT2D eigenvalue weighted by Crippen LogP contribution is -2.73. The van der Waals surface area contributed by atoms with E-state index in [0.717, 1.165) is 20.8 Å². The van der Waals surface area contributed by atoms with Gasteiger partial charge in [-0.15, -0.1) is 0 Å². The fourth-order valence-corrected chi connectivity index (χ4v) is 2.89. The van der Waals surface area contributed by atoms with E-state index in [1.165, 1.54) is 0 Å². The van der Waals surface area contributed by atoms with Crippen molar-refractivity contribution in [2.24, 2.45) is 5.92 Å². The molecule has 0 atom stereocenters. The van der Waals surface area contributed by atoms with Gasteiger partial charge in [-0.05, 0) is 32.6 Å². The Balaban J connectivity index is 3.70. The van der Waals surface area contributed by atoms with Crippen LogP contribution in [0.15, 0.2) is 12.2 Å². The molecule has 0 spiro atoms. The van der Waals surface area contributed by atoms with Gasteiger partial charge in [0.1, 0.15) is 0 Å². The predicted molar refractivity (Wildman–Crippen MR) is 77.9 cm³/mol. The zero-order valence-corrected chi connectivity index (χ0v) is 14.5. The summed E-state index contributed by atoms with van der Waals surface area (Å²) in [6.07, 6.45) is -13.7. The van der Waals surface area contributed by atoms with Crippen LogP contribution in [0.3, 0.4) is 0 Å². The highest BCUT2D eigenvalue weighted by Gasteiger charge is 2.85. The molecule has 0 bridgehead atoms. The lowest BCUT2D eigenvalue weighted by Gasteiger charge is -2.47. The molecular formula is C16H20F6O4. The Bertz CT molecular complexity index is 556. The molecule has 0 unspecified atom stereocenters. The van der Waals surface area contributed by atoms with Crippen molar-refractivity contribution in [3.05, 3.63) is 12.2 Å². The Morgan fingerprint density at radius 1 is 1.00 bits per heavy atom. The third-order valence-electron chi connectivity index (χ3n) is 4.21. The van der Waals surface area contributed by atoms with Gasteiger partial charge in [-0.3, -0.25) is 4.79 Å². The number of hydrogen-bond acceptors (Lipinski definition) is 4. The van der Waals surface area contributed by atoms with Gasteiger partial charge in [0.15, 0.2) is 5.60 Å². The van der Waals surface area contributed by atoms with Gasteiger partial charge in [0.05, 0.1) is 5.92 Å². The molecule has 1 aliphatic rings. The highest BCUT2D eigenvalue weighted by molar-refractivity contribution is 5.87. The van der Waals surface area contributed by atoms with Crippen LogP contribution in [0, 0.1) is 5.92 Å². The number of ether oxygens (including phenoxy) is 2. The number of rotatable bonds is 5. The summed E-state index contributed by atoms with van der Waals surface area (Å²) in [6, 6.07) is 0. The van der Waals surface area contributed by atoms with Gasteiger partial charge in [0, 0.05) is 5.57 Å². The summed E-state index contributed by atoms with van der Waals surface area (Å²) in [6.45, 7) is 6.47. The van der Waals surface area contributed by atoms with Crippen molar-refractivity contribution in [3.8, 4) is 0 Å². The molecule has 0 aromatic rings. The van der Waals surface area contributed by atoms with Crippen LogP contribution in [0.1, 0.15) is 46.5 Å². The SMILES string of the molecule is C=C(C)C(=O)OC1(C(OC(=O)C(C)C)(C(F)(F)F)C(F)(F)F)CCCC1. The normalized spacial score (nSPS) is 17.9. The molecule has 0 N–H and O–H groups in total. The molecule has 0 aliphatic heterocycles. The first-order valence-electron chi connectivity index (χ1n) is 7.86. The highest BCUT2D eigenvalue weighted by atomic mass is 19.4. The van der Waals surface area contributed by atoms with Crippen LogP contribution in [0.2, 0.25) is 0 Å². The smallest absolute Gasteiger partial charge is 0.441 e. The van der Waals surface area contributed by atoms with Gasteiger partial charge in [-0.2, -0.15) is 26.3 Å². The number of carbonyl (C=O) groups is 2. The average Bonchev–Trinajstić information content (AvgIpc) is 2.90. The standard InChI is InChI=1S/C16H20F6O4/c1-9(2)11(23)25-13(7-5-6-8-13)14(15(17,18)19,16(20,21)22)26-12(24)10(3)4/h10H,1,5-8H2,2-4H3. The number of esters is 2. The summed E-state index contributed by atoms with van der Waals surface area (Å²) in [5.74, 6) is -4.36. The lowest BCUT2D eigenvalue weighted by molar-refractivity contribution is -0.412. The van der Waals surface area contributed by atoms with Crippen LogP contribution in [0.25, 0.3) is 0 Å². The molecule has 1 fully saturated rings. The summed E-state index contributed by atoms with van der Waals surface area (Å²) in [4.78, 5) is 23.6. The topological polar surface area (TPSA) is 52.6 Å². The van der Waals surface area contributed by atoms with Gasteiger partial charge >= 0.3 is 29.9 Å². The van der Waals surface area contributed by atoms with Gasteiger partial charge in [0.2, 0.25) is 0 Å². The van der Waals surface area contributed by atoms with Crippen molar-refractivity contribution in [3.63, 3.8) is 0 Å². The molecule has 4 nitrogen and oxygen atoms in total. The maximum absolute atomic E-state index is 13.8. The Morgan fingerprint density at radius 3 is 1.73 bits per heavy atom. The molecule has 26 heavy (non-hydrogen) atoms. The molecule has 1 rings (SSSR count). The molecule has 0 aromatic carbocycles. The highest BCUT2D eigenvalue weighted by Crippen LogP contribution is 2.58. The van der Waals surface area contributed by atoms with Crippen molar-refractivity contribution in [2.75, 3.05) is 0 Å². The van der Waals surface area contributed by atoms with E-state index in [2.05, 4.69) is 11.3 Å². The van der Waals surface area contributed by atoms with Crippen molar-refractivity contribution >= 4 is 11.9 Å². The second kappa shape index (κ2) is 7.11. The number of halogens is 6. The minimum absolute atomic E-state index is 0.0589. The Kier molecular flexibility index (Phi) is 6.10. The van der Waals surface area contributed by atoms with E-state index in [9.17, 15) is 35.9 Å². The maximum Gasteiger partial charge on any atom is 0.441 e. The number of carbonyl (C=O) groups excluding carboxylic acids is 2. The average molecular weight is 390 g/mol. The van der Waals surface area contributed by atoms with E-state index in [0.29, 0.717) is 0 Å². The predicted octanol–water partition coefficient (Wildman–Crippen LogP) is 4.48. The molecule has 0 saturated heterocycles. The summed E-state index contributed by atoms with van der Waals surface area (Å²) >= 11 is 0. The largest absolute Gasteiger partial charge is 0.451 e. The second-order valence-electron chi connectivity index (χ2n) is 6.62. The third kappa shape index (κ3) is 3.68. The fourth-order valence-electron chi connectivity index (χ4n) is 2.89. The van der Waals surface area contributed by atoms with Crippen LogP contribution >= 0.6 is 0 Å². The van der Waals surface area contributed by atoms with Crippen LogP contribution in [-0.2, 0) is 19.1 Å². The summed E-state index contributed by atoms with van der Waals surface area (Å²) in [5, 5.41) is 0. The molecule has 0 radical (unpaired) electrons. The Hall–Kier alpha value is -1.74. The van der Waals surface area contributed by atoms with Crippen LogP contribution in [-0.4, -0.2) is 35.5 Å². The lowest BCUT2D eigenvalue weighted by atomic mass is 9.78. The summed E-state index contributed by atoms with van der Waals surface area (Å²) < 4.78 is 91.8. The van der Waals surface area contributed by atoms with Crippen molar-refractivity contribution in [1.29, 1.82) is 0 Å². The summed E-state index contributed by atoms with van der Waals surface area (Å²) in [7, 11) is 0. The van der Waals surface area contributed by atoms with Crippen molar-refractivity contribution < 1.29 is 45.4 Å². The fraction of sp³-hybridized carbons (Fsp3) is 0.750. The van der Waals surface area contributed by atoms with E-state index >= 15 is 0 Å². The molecule has 0 aromatic heterocycles. The van der Waals surface area contributed by atoms with E-state index in [1.807, 2.05) is 0 Å².